The lowest BCUT2D eigenvalue weighted by atomic mass is 10.1. The number of aryl methyl sites for hydroxylation is 1. The van der Waals surface area contributed by atoms with Crippen LogP contribution in [0.1, 0.15) is 30.9 Å². The summed E-state index contributed by atoms with van der Waals surface area (Å²) in [7, 11) is 0. The van der Waals surface area contributed by atoms with Gasteiger partial charge in [-0.3, -0.25) is 9.69 Å². The van der Waals surface area contributed by atoms with Crippen LogP contribution in [-0.2, 0) is 4.79 Å². The maximum Gasteiger partial charge on any atom is 0.283 e. The van der Waals surface area contributed by atoms with E-state index in [4.69, 9.17) is 9.47 Å². The minimum absolute atomic E-state index is 0.111. The van der Waals surface area contributed by atoms with Crippen LogP contribution in [0.3, 0.4) is 0 Å². The van der Waals surface area contributed by atoms with Crippen molar-refractivity contribution in [2.45, 2.75) is 26.7 Å². The summed E-state index contributed by atoms with van der Waals surface area (Å²) in [5.41, 5.74) is 3.29. The van der Waals surface area contributed by atoms with Crippen LogP contribution in [0, 0.1) is 6.92 Å². The smallest absolute Gasteiger partial charge is 0.283 e. The fourth-order valence-electron chi connectivity index (χ4n) is 2.98. The highest BCUT2D eigenvalue weighted by molar-refractivity contribution is 8.14. The number of carbonyl (C=O) groups excluding carboxylic acids is 1. The van der Waals surface area contributed by atoms with Gasteiger partial charge in [0.15, 0.2) is 16.7 Å². The number of nitrogens with zero attached hydrogens (tertiary/aromatic N) is 2. The van der Waals surface area contributed by atoms with Crippen molar-refractivity contribution in [2.75, 3.05) is 17.4 Å². The molecule has 0 unspecified atom stereocenters. The van der Waals surface area contributed by atoms with Gasteiger partial charge in [-0.1, -0.05) is 48.9 Å². The first kappa shape index (κ1) is 18.6. The van der Waals surface area contributed by atoms with Gasteiger partial charge in [-0.15, -0.1) is 0 Å². The highest BCUT2D eigenvalue weighted by Crippen LogP contribution is 2.34. The molecule has 2 aromatic carbocycles. The molecular weight excluding hydrogens is 372 g/mol. The van der Waals surface area contributed by atoms with Gasteiger partial charge in [0.2, 0.25) is 6.79 Å². The number of benzene rings is 2. The Morgan fingerprint density at radius 2 is 1.93 bits per heavy atom. The van der Waals surface area contributed by atoms with Gasteiger partial charge in [0.05, 0.1) is 5.69 Å². The summed E-state index contributed by atoms with van der Waals surface area (Å²) in [5.74, 6) is 2.24. The zero-order valence-electron chi connectivity index (χ0n) is 16.0. The van der Waals surface area contributed by atoms with E-state index in [0.717, 1.165) is 46.3 Å². The standard InChI is InChI=1S/C22H22N2O3S/c1-3-4-11-28-22-23-18(12-16-7-10-19-20(13-16)27-14-26-19)21(25)24(22)17-8-5-15(2)6-9-17/h5-10,12-13H,3-4,11,14H2,1-2H3/b18-12-. The Labute approximate surface area is 169 Å². The third-order valence-corrected chi connectivity index (χ3v) is 5.58. The molecule has 0 atom stereocenters. The van der Waals surface area contributed by atoms with E-state index >= 15 is 0 Å². The summed E-state index contributed by atoms with van der Waals surface area (Å²) in [6, 6.07) is 13.6. The molecule has 6 heteroatoms. The Morgan fingerprint density at radius 3 is 2.71 bits per heavy atom. The SMILES string of the molecule is CCCCSC1=N/C(=C\c2ccc3c(c2)OCO3)C(=O)N1c1ccc(C)cc1. The van der Waals surface area contributed by atoms with Gasteiger partial charge in [-0.2, -0.15) is 0 Å². The van der Waals surface area contributed by atoms with Crippen LogP contribution < -0.4 is 14.4 Å². The molecule has 0 saturated carbocycles. The van der Waals surface area contributed by atoms with Crippen LogP contribution in [0.5, 0.6) is 11.5 Å². The lowest BCUT2D eigenvalue weighted by Gasteiger charge is -2.18. The summed E-state index contributed by atoms with van der Waals surface area (Å²) in [4.78, 5) is 19.5. The molecule has 0 saturated heterocycles. The van der Waals surface area contributed by atoms with Crippen molar-refractivity contribution < 1.29 is 14.3 Å². The summed E-state index contributed by atoms with van der Waals surface area (Å²) >= 11 is 1.62. The molecule has 0 spiro atoms. The number of hydrogen-bond acceptors (Lipinski definition) is 5. The third kappa shape index (κ3) is 3.78. The quantitative estimate of drug-likeness (QED) is 0.529. The van der Waals surface area contributed by atoms with Crippen LogP contribution in [0.4, 0.5) is 5.69 Å². The predicted molar refractivity (Wildman–Crippen MR) is 114 cm³/mol. The van der Waals surface area contributed by atoms with Gasteiger partial charge in [0.25, 0.3) is 5.91 Å². The van der Waals surface area contributed by atoms with Crippen LogP contribution in [0.2, 0.25) is 0 Å². The minimum Gasteiger partial charge on any atom is -0.454 e. The molecule has 0 N–H and O–H groups in total. The van der Waals surface area contributed by atoms with E-state index in [1.54, 1.807) is 22.7 Å². The van der Waals surface area contributed by atoms with Gasteiger partial charge in [-0.25, -0.2) is 4.99 Å². The van der Waals surface area contributed by atoms with E-state index in [2.05, 4.69) is 11.9 Å². The first-order chi connectivity index (χ1) is 13.7. The Bertz CT molecular complexity index is 951. The molecule has 0 bridgehead atoms. The fraction of sp³-hybridized carbons (Fsp3) is 0.273. The van der Waals surface area contributed by atoms with E-state index < -0.39 is 0 Å². The number of ether oxygens (including phenoxy) is 2. The third-order valence-electron chi connectivity index (χ3n) is 4.55. The summed E-state index contributed by atoms with van der Waals surface area (Å²) < 4.78 is 10.8. The second-order valence-electron chi connectivity index (χ2n) is 6.71. The van der Waals surface area contributed by atoms with E-state index in [1.165, 1.54) is 0 Å². The normalized spacial score (nSPS) is 16.8. The van der Waals surface area contributed by atoms with Gasteiger partial charge >= 0.3 is 0 Å². The van der Waals surface area contributed by atoms with Crippen molar-refractivity contribution in [3.63, 3.8) is 0 Å². The molecular formula is C22H22N2O3S. The van der Waals surface area contributed by atoms with E-state index in [9.17, 15) is 4.79 Å². The lowest BCUT2D eigenvalue weighted by Crippen LogP contribution is -2.30. The largest absolute Gasteiger partial charge is 0.454 e. The molecule has 4 rings (SSSR count). The van der Waals surface area contributed by atoms with Crippen LogP contribution in [0.25, 0.3) is 6.08 Å². The monoisotopic (exact) mass is 394 g/mol. The van der Waals surface area contributed by atoms with Crippen molar-refractivity contribution in [3.05, 3.63) is 59.3 Å². The van der Waals surface area contributed by atoms with E-state index in [1.807, 2.05) is 49.4 Å². The number of anilines is 1. The predicted octanol–water partition coefficient (Wildman–Crippen LogP) is 5.00. The first-order valence-electron chi connectivity index (χ1n) is 9.39. The van der Waals surface area contributed by atoms with Gasteiger partial charge < -0.3 is 9.47 Å². The maximum absolute atomic E-state index is 13.1. The van der Waals surface area contributed by atoms with Crippen molar-refractivity contribution >= 4 is 34.6 Å². The maximum atomic E-state index is 13.1. The Hall–Kier alpha value is -2.73. The van der Waals surface area contributed by atoms with E-state index in [-0.39, 0.29) is 12.7 Å². The lowest BCUT2D eigenvalue weighted by molar-refractivity contribution is -0.113. The number of aliphatic imine (C=N–C) groups is 1. The van der Waals surface area contributed by atoms with Crippen LogP contribution in [-0.4, -0.2) is 23.6 Å². The number of fused-ring (bicyclic) bond motifs is 1. The highest BCUT2D eigenvalue weighted by atomic mass is 32.2. The van der Waals surface area contributed by atoms with Crippen molar-refractivity contribution in [1.82, 2.24) is 0 Å². The molecule has 0 fully saturated rings. The summed E-state index contributed by atoms with van der Waals surface area (Å²) in [6.45, 7) is 4.42. The van der Waals surface area contributed by atoms with Crippen molar-refractivity contribution in [2.24, 2.45) is 4.99 Å². The summed E-state index contributed by atoms with van der Waals surface area (Å²) in [5, 5.41) is 0.731. The average Bonchev–Trinajstić information content (AvgIpc) is 3.28. The Balaban J connectivity index is 1.65. The minimum atomic E-state index is -0.111. The van der Waals surface area contributed by atoms with Gasteiger partial charge in [0, 0.05) is 5.75 Å². The number of thioether (sulfide) groups is 1. The number of unbranched alkanes of at least 4 members (excludes halogenated alkanes) is 1. The summed E-state index contributed by atoms with van der Waals surface area (Å²) in [6.07, 6.45) is 4.00. The second-order valence-corrected chi connectivity index (χ2v) is 7.78. The first-order valence-corrected chi connectivity index (χ1v) is 10.4. The molecule has 1 amide bonds. The van der Waals surface area contributed by atoms with Crippen LogP contribution in [0.15, 0.2) is 53.2 Å². The Morgan fingerprint density at radius 1 is 1.14 bits per heavy atom. The van der Waals surface area contributed by atoms with Gasteiger partial charge in [0.1, 0.15) is 5.70 Å². The molecule has 0 radical (unpaired) electrons. The second kappa shape index (κ2) is 8.10. The molecule has 0 aliphatic carbocycles. The van der Waals surface area contributed by atoms with E-state index in [0.29, 0.717) is 11.4 Å². The molecule has 144 valence electrons. The molecule has 2 aliphatic heterocycles. The Kier molecular flexibility index (Phi) is 5.39. The zero-order valence-corrected chi connectivity index (χ0v) is 16.8. The van der Waals surface area contributed by atoms with Crippen molar-refractivity contribution in [3.8, 4) is 11.5 Å². The number of amides is 1. The number of rotatable bonds is 5. The van der Waals surface area contributed by atoms with Crippen molar-refractivity contribution in [1.29, 1.82) is 0 Å². The molecule has 5 nitrogen and oxygen atoms in total. The number of hydrogen-bond donors (Lipinski definition) is 0. The number of carbonyl (C=O) groups is 1. The highest BCUT2D eigenvalue weighted by Gasteiger charge is 2.31. The molecule has 2 aliphatic rings. The molecule has 0 aromatic heterocycles. The van der Waals surface area contributed by atoms with Crippen LogP contribution >= 0.6 is 11.8 Å². The van der Waals surface area contributed by atoms with Gasteiger partial charge in [-0.05, 0) is 49.2 Å². The molecule has 2 aromatic rings. The molecule has 2 heterocycles. The zero-order chi connectivity index (χ0) is 19.5. The average molecular weight is 394 g/mol. The number of amidine groups is 1. The topological polar surface area (TPSA) is 51.1 Å². The fourth-order valence-corrected chi connectivity index (χ4v) is 4.08. The molecule has 28 heavy (non-hydrogen) atoms.